The van der Waals surface area contributed by atoms with Crippen LogP contribution in [0.5, 0.6) is 5.88 Å². The van der Waals surface area contributed by atoms with Gasteiger partial charge in [-0.25, -0.2) is 9.97 Å². The zero-order valence-corrected chi connectivity index (χ0v) is 13.5. The minimum Gasteiger partial charge on any atom is -0.478 e. The molecule has 1 fully saturated rings. The van der Waals surface area contributed by atoms with E-state index in [9.17, 15) is 8.42 Å². The van der Waals surface area contributed by atoms with Crippen LogP contribution >= 0.6 is 0 Å². The summed E-state index contributed by atoms with van der Waals surface area (Å²) in [5, 5.41) is 0. The minimum atomic E-state index is -3.41. The van der Waals surface area contributed by atoms with Gasteiger partial charge < -0.3 is 9.64 Å². The van der Waals surface area contributed by atoms with E-state index in [2.05, 4.69) is 9.97 Å². The van der Waals surface area contributed by atoms with Crippen molar-refractivity contribution in [3.8, 4) is 5.88 Å². The van der Waals surface area contributed by atoms with Gasteiger partial charge in [0.05, 0.1) is 7.11 Å². The fourth-order valence-electron chi connectivity index (χ4n) is 2.36. The highest BCUT2D eigenvalue weighted by Gasteiger charge is 2.34. The van der Waals surface area contributed by atoms with Crippen molar-refractivity contribution >= 4 is 16.0 Å². The first-order chi connectivity index (χ1) is 9.87. The Morgan fingerprint density at radius 2 is 1.95 bits per heavy atom. The second kappa shape index (κ2) is 6.12. The predicted octanol–water partition coefficient (Wildman–Crippen LogP) is -0.198. The number of nitrogens with zero attached hydrogens (tertiary/aromatic N) is 5. The SMILES string of the molecule is COc1nccnc1N1CC[C@@H](N(C)S(=O)(=O)N(C)C)C1. The highest BCUT2D eigenvalue weighted by molar-refractivity contribution is 7.86. The predicted molar refractivity (Wildman–Crippen MR) is 79.6 cm³/mol. The molecule has 118 valence electrons. The first-order valence-electron chi connectivity index (χ1n) is 6.63. The monoisotopic (exact) mass is 315 g/mol. The number of hydrogen-bond acceptors (Lipinski definition) is 6. The number of ether oxygens (including phenoxy) is 1. The lowest BCUT2D eigenvalue weighted by Crippen LogP contribution is -2.44. The lowest BCUT2D eigenvalue weighted by Gasteiger charge is -2.27. The van der Waals surface area contributed by atoms with E-state index < -0.39 is 10.2 Å². The van der Waals surface area contributed by atoms with Crippen molar-refractivity contribution < 1.29 is 13.2 Å². The average Bonchev–Trinajstić information content (AvgIpc) is 2.95. The van der Waals surface area contributed by atoms with Crippen LogP contribution in [0.4, 0.5) is 5.82 Å². The van der Waals surface area contributed by atoms with Gasteiger partial charge in [-0.05, 0) is 6.42 Å². The number of likely N-dealkylation sites (N-methyl/N-ethyl adjacent to an activating group) is 1. The van der Waals surface area contributed by atoms with Gasteiger partial charge in [0.1, 0.15) is 0 Å². The summed E-state index contributed by atoms with van der Waals surface area (Å²) in [5.41, 5.74) is 0. The molecular formula is C12H21N5O3S. The Balaban J connectivity index is 2.14. The van der Waals surface area contributed by atoms with Gasteiger partial charge in [0.25, 0.3) is 16.1 Å². The van der Waals surface area contributed by atoms with Gasteiger partial charge in [0, 0.05) is 52.7 Å². The summed E-state index contributed by atoms with van der Waals surface area (Å²) in [5.74, 6) is 1.11. The number of hydrogen-bond donors (Lipinski definition) is 0. The lowest BCUT2D eigenvalue weighted by molar-refractivity contribution is 0.358. The topological polar surface area (TPSA) is 78.9 Å². The van der Waals surface area contributed by atoms with Crippen molar-refractivity contribution in [1.29, 1.82) is 0 Å². The molecule has 2 rings (SSSR count). The minimum absolute atomic E-state index is 0.0934. The van der Waals surface area contributed by atoms with Crippen LogP contribution in [0.1, 0.15) is 6.42 Å². The molecule has 2 heterocycles. The van der Waals surface area contributed by atoms with Crippen LogP contribution in [0.3, 0.4) is 0 Å². The summed E-state index contributed by atoms with van der Waals surface area (Å²) in [4.78, 5) is 10.4. The summed E-state index contributed by atoms with van der Waals surface area (Å²) in [6, 6.07) is -0.0934. The van der Waals surface area contributed by atoms with E-state index in [0.717, 1.165) is 6.42 Å². The quantitative estimate of drug-likeness (QED) is 0.749. The van der Waals surface area contributed by atoms with E-state index in [1.165, 1.54) is 22.7 Å². The van der Waals surface area contributed by atoms with Crippen molar-refractivity contribution in [1.82, 2.24) is 18.6 Å². The molecule has 21 heavy (non-hydrogen) atoms. The third-order valence-corrected chi connectivity index (χ3v) is 5.59. The summed E-state index contributed by atoms with van der Waals surface area (Å²) in [7, 11) is 2.81. The molecule has 0 aliphatic carbocycles. The maximum atomic E-state index is 12.2. The van der Waals surface area contributed by atoms with Crippen molar-refractivity contribution in [2.45, 2.75) is 12.5 Å². The highest BCUT2D eigenvalue weighted by Crippen LogP contribution is 2.28. The standard InChI is InChI=1S/C12H21N5O3S/c1-15(2)21(18,19)16(3)10-5-8-17(9-10)11-12(20-4)14-7-6-13-11/h6-7,10H,5,8-9H2,1-4H3/t10-/m1/s1. The van der Waals surface area contributed by atoms with Gasteiger partial charge in [-0.2, -0.15) is 17.0 Å². The van der Waals surface area contributed by atoms with Crippen LogP contribution in [-0.2, 0) is 10.2 Å². The van der Waals surface area contributed by atoms with Crippen LogP contribution < -0.4 is 9.64 Å². The molecule has 1 aromatic heterocycles. The smallest absolute Gasteiger partial charge is 0.281 e. The van der Waals surface area contributed by atoms with Gasteiger partial charge in [0.2, 0.25) is 0 Å². The fourth-order valence-corrected chi connectivity index (χ4v) is 3.42. The van der Waals surface area contributed by atoms with Crippen molar-refractivity contribution in [2.75, 3.05) is 46.2 Å². The Labute approximate surface area is 125 Å². The van der Waals surface area contributed by atoms with Gasteiger partial charge in [-0.3, -0.25) is 0 Å². The lowest BCUT2D eigenvalue weighted by atomic mass is 10.3. The summed E-state index contributed by atoms with van der Waals surface area (Å²) >= 11 is 0. The van der Waals surface area contributed by atoms with E-state index in [-0.39, 0.29) is 6.04 Å². The summed E-state index contributed by atoms with van der Waals surface area (Å²) in [6.45, 7) is 1.28. The van der Waals surface area contributed by atoms with E-state index in [1.54, 1.807) is 26.6 Å². The molecule has 1 aliphatic rings. The summed E-state index contributed by atoms with van der Waals surface area (Å²) < 4.78 is 32.2. The average molecular weight is 315 g/mol. The molecule has 9 heteroatoms. The first kappa shape index (κ1) is 15.9. The van der Waals surface area contributed by atoms with Crippen molar-refractivity contribution in [2.24, 2.45) is 0 Å². The molecule has 1 atom stereocenters. The van der Waals surface area contributed by atoms with Gasteiger partial charge in [0.15, 0.2) is 5.82 Å². The molecular weight excluding hydrogens is 294 g/mol. The summed E-state index contributed by atoms with van der Waals surface area (Å²) in [6.07, 6.45) is 3.91. The zero-order valence-electron chi connectivity index (χ0n) is 12.7. The van der Waals surface area contributed by atoms with Gasteiger partial charge in [-0.15, -0.1) is 0 Å². The molecule has 1 saturated heterocycles. The Hall–Kier alpha value is -1.45. The Kier molecular flexibility index (Phi) is 4.64. The Morgan fingerprint density at radius 3 is 2.57 bits per heavy atom. The Bertz CT molecular complexity index is 592. The molecule has 1 aliphatic heterocycles. The number of anilines is 1. The third kappa shape index (κ3) is 3.09. The normalized spacial score (nSPS) is 19.5. The zero-order chi connectivity index (χ0) is 15.6. The molecule has 0 bridgehead atoms. The molecule has 0 unspecified atom stereocenters. The molecule has 0 aromatic carbocycles. The molecule has 1 aromatic rings. The van der Waals surface area contributed by atoms with Crippen LogP contribution in [0, 0.1) is 0 Å². The number of rotatable bonds is 5. The van der Waals surface area contributed by atoms with Crippen LogP contribution in [-0.4, -0.2) is 74.4 Å². The van der Waals surface area contributed by atoms with Crippen LogP contribution in [0.15, 0.2) is 12.4 Å². The van der Waals surface area contributed by atoms with Crippen molar-refractivity contribution in [3.63, 3.8) is 0 Å². The molecule has 0 amide bonds. The van der Waals surface area contributed by atoms with E-state index >= 15 is 0 Å². The fraction of sp³-hybridized carbons (Fsp3) is 0.667. The van der Waals surface area contributed by atoms with Crippen LogP contribution in [0.25, 0.3) is 0 Å². The molecule has 0 spiro atoms. The molecule has 0 N–H and O–H groups in total. The first-order valence-corrected chi connectivity index (χ1v) is 8.03. The second-order valence-electron chi connectivity index (χ2n) is 5.08. The molecule has 0 saturated carbocycles. The van der Waals surface area contributed by atoms with E-state index in [1.807, 2.05) is 4.90 Å². The Morgan fingerprint density at radius 1 is 1.29 bits per heavy atom. The third-order valence-electron chi connectivity index (χ3n) is 3.64. The van der Waals surface area contributed by atoms with Gasteiger partial charge in [-0.1, -0.05) is 0 Å². The maximum absolute atomic E-state index is 12.2. The van der Waals surface area contributed by atoms with E-state index in [0.29, 0.717) is 24.8 Å². The molecule has 0 radical (unpaired) electrons. The van der Waals surface area contributed by atoms with E-state index in [4.69, 9.17) is 4.74 Å². The highest BCUT2D eigenvalue weighted by atomic mass is 32.2. The maximum Gasteiger partial charge on any atom is 0.281 e. The number of methoxy groups -OCH3 is 1. The van der Waals surface area contributed by atoms with Crippen LogP contribution in [0.2, 0.25) is 0 Å². The molecule has 8 nitrogen and oxygen atoms in total. The van der Waals surface area contributed by atoms with Crippen molar-refractivity contribution in [3.05, 3.63) is 12.4 Å². The number of aromatic nitrogens is 2. The largest absolute Gasteiger partial charge is 0.478 e. The second-order valence-corrected chi connectivity index (χ2v) is 7.29. The van der Waals surface area contributed by atoms with Gasteiger partial charge >= 0.3 is 0 Å².